The Labute approximate surface area is 133 Å². The lowest BCUT2D eigenvalue weighted by Gasteiger charge is -2.09. The van der Waals surface area contributed by atoms with Crippen molar-refractivity contribution in [1.29, 1.82) is 0 Å². The minimum atomic E-state index is 0.0177. The van der Waals surface area contributed by atoms with E-state index in [2.05, 4.69) is 26.2 Å². The lowest BCUT2D eigenvalue weighted by atomic mass is 10.3. The number of aromatic nitrogens is 2. The molecule has 0 atom stereocenters. The highest BCUT2D eigenvalue weighted by Crippen LogP contribution is 2.15. The summed E-state index contributed by atoms with van der Waals surface area (Å²) in [6, 6.07) is 7.93. The summed E-state index contributed by atoms with van der Waals surface area (Å²) in [7, 11) is 0. The number of nitrogens with zero attached hydrogens (tertiary/aromatic N) is 2. The summed E-state index contributed by atoms with van der Waals surface area (Å²) in [6.07, 6.45) is 1.60. The molecule has 2 aromatic rings. The van der Waals surface area contributed by atoms with Crippen LogP contribution in [0.15, 0.2) is 39.9 Å². The number of anilines is 1. The fourth-order valence-corrected chi connectivity index (χ4v) is 2.47. The zero-order valence-electron chi connectivity index (χ0n) is 10.4. The van der Waals surface area contributed by atoms with E-state index in [1.807, 2.05) is 53.8 Å². The fourth-order valence-electron chi connectivity index (χ4n) is 1.62. The first kappa shape index (κ1) is 14.5. The third kappa shape index (κ3) is 3.79. The molecule has 0 spiro atoms. The van der Waals surface area contributed by atoms with Crippen molar-refractivity contribution in [2.24, 2.45) is 0 Å². The van der Waals surface area contributed by atoms with Crippen molar-refractivity contribution < 1.29 is 0 Å². The van der Waals surface area contributed by atoms with Gasteiger partial charge in [0.25, 0.3) is 5.56 Å². The van der Waals surface area contributed by atoms with Crippen molar-refractivity contribution in [2.45, 2.75) is 13.5 Å². The van der Waals surface area contributed by atoms with Gasteiger partial charge in [-0.1, -0.05) is 22.0 Å². The normalized spacial score (nSPS) is 10.5. The molecule has 0 amide bonds. The van der Waals surface area contributed by atoms with E-state index in [0.717, 1.165) is 15.9 Å². The van der Waals surface area contributed by atoms with Gasteiger partial charge in [0, 0.05) is 23.2 Å². The minimum absolute atomic E-state index is 0.0177. The van der Waals surface area contributed by atoms with Crippen molar-refractivity contribution in [3.05, 3.63) is 54.7 Å². The van der Waals surface area contributed by atoms with Crippen LogP contribution < -0.4 is 10.9 Å². The second-order valence-corrected chi connectivity index (χ2v) is 6.07. The number of rotatable bonds is 4. The van der Waals surface area contributed by atoms with Gasteiger partial charge in [0.1, 0.15) is 0 Å². The summed E-state index contributed by atoms with van der Waals surface area (Å²) >= 11 is 5.46. The van der Waals surface area contributed by atoms with Crippen LogP contribution in [-0.4, -0.2) is 16.1 Å². The molecule has 0 saturated heterocycles. The highest BCUT2D eigenvalue weighted by molar-refractivity contribution is 14.1. The number of nitrogens with one attached hydrogen (secondary N) is 1. The molecule has 0 unspecified atom stereocenters. The number of hydrogen-bond acceptors (Lipinski definition) is 3. The lowest BCUT2D eigenvalue weighted by Crippen LogP contribution is -2.26. The van der Waals surface area contributed by atoms with Gasteiger partial charge in [0.2, 0.25) is 0 Å². The molecule has 0 saturated carbocycles. The first-order valence-corrected chi connectivity index (χ1v) is 7.66. The SMILES string of the molecule is Cc1ncn(CCNc2cccc(Br)c2)c(=O)c1I. The predicted molar refractivity (Wildman–Crippen MR) is 88.6 cm³/mol. The van der Waals surface area contributed by atoms with Crippen molar-refractivity contribution in [2.75, 3.05) is 11.9 Å². The van der Waals surface area contributed by atoms with Crippen molar-refractivity contribution in [1.82, 2.24) is 9.55 Å². The van der Waals surface area contributed by atoms with Crippen LogP contribution in [0.4, 0.5) is 5.69 Å². The van der Waals surface area contributed by atoms with Crippen LogP contribution >= 0.6 is 38.5 Å². The topological polar surface area (TPSA) is 46.9 Å². The molecular formula is C13H13BrIN3O. The zero-order chi connectivity index (χ0) is 13.8. The molecule has 0 aliphatic rings. The van der Waals surface area contributed by atoms with E-state index in [0.29, 0.717) is 16.7 Å². The third-order valence-corrected chi connectivity index (χ3v) is 4.40. The predicted octanol–water partition coefficient (Wildman–Crippen LogP) is 3.03. The average Bonchev–Trinajstić information content (AvgIpc) is 2.39. The van der Waals surface area contributed by atoms with Crippen LogP contribution in [0, 0.1) is 10.5 Å². The minimum Gasteiger partial charge on any atom is -0.383 e. The summed E-state index contributed by atoms with van der Waals surface area (Å²) in [5.74, 6) is 0. The number of halogens is 2. The monoisotopic (exact) mass is 433 g/mol. The van der Waals surface area contributed by atoms with E-state index in [1.54, 1.807) is 10.9 Å². The van der Waals surface area contributed by atoms with Gasteiger partial charge in [-0.3, -0.25) is 9.36 Å². The van der Waals surface area contributed by atoms with Gasteiger partial charge in [-0.05, 0) is 47.7 Å². The number of hydrogen-bond donors (Lipinski definition) is 1. The van der Waals surface area contributed by atoms with E-state index >= 15 is 0 Å². The molecular weight excluding hydrogens is 421 g/mol. The average molecular weight is 434 g/mol. The van der Waals surface area contributed by atoms with Crippen molar-refractivity contribution >= 4 is 44.2 Å². The largest absolute Gasteiger partial charge is 0.383 e. The Hall–Kier alpha value is -0.890. The smallest absolute Gasteiger partial charge is 0.267 e. The molecule has 2 rings (SSSR count). The summed E-state index contributed by atoms with van der Waals surface area (Å²) in [5.41, 5.74) is 1.82. The van der Waals surface area contributed by atoms with E-state index in [9.17, 15) is 4.79 Å². The van der Waals surface area contributed by atoms with Gasteiger partial charge in [-0.2, -0.15) is 0 Å². The Bertz CT molecular complexity index is 642. The highest BCUT2D eigenvalue weighted by atomic mass is 127. The molecule has 0 bridgehead atoms. The molecule has 6 heteroatoms. The summed E-state index contributed by atoms with van der Waals surface area (Å²) in [4.78, 5) is 16.2. The van der Waals surface area contributed by atoms with E-state index in [1.165, 1.54) is 0 Å². The Morgan fingerprint density at radius 3 is 3.00 bits per heavy atom. The molecule has 1 heterocycles. The Balaban J connectivity index is 2.00. The highest BCUT2D eigenvalue weighted by Gasteiger charge is 2.04. The first-order valence-electron chi connectivity index (χ1n) is 5.79. The molecule has 0 aliphatic heterocycles. The van der Waals surface area contributed by atoms with Crippen molar-refractivity contribution in [3.63, 3.8) is 0 Å². The van der Waals surface area contributed by atoms with Crippen LogP contribution in [0.1, 0.15) is 5.69 Å². The zero-order valence-corrected chi connectivity index (χ0v) is 14.1. The van der Waals surface area contributed by atoms with Crippen LogP contribution in [-0.2, 0) is 6.54 Å². The van der Waals surface area contributed by atoms with Gasteiger partial charge in [0.05, 0.1) is 15.6 Å². The van der Waals surface area contributed by atoms with E-state index in [-0.39, 0.29) is 5.56 Å². The second kappa shape index (κ2) is 6.51. The first-order chi connectivity index (χ1) is 9.08. The molecule has 100 valence electrons. The maximum atomic E-state index is 12.0. The molecule has 0 radical (unpaired) electrons. The quantitative estimate of drug-likeness (QED) is 0.754. The Morgan fingerprint density at radius 1 is 1.47 bits per heavy atom. The maximum Gasteiger partial charge on any atom is 0.267 e. The lowest BCUT2D eigenvalue weighted by molar-refractivity contribution is 0.671. The molecule has 19 heavy (non-hydrogen) atoms. The maximum absolute atomic E-state index is 12.0. The molecule has 0 fully saturated rings. The number of benzene rings is 1. The van der Waals surface area contributed by atoms with Gasteiger partial charge >= 0.3 is 0 Å². The van der Waals surface area contributed by atoms with Crippen LogP contribution in [0.5, 0.6) is 0 Å². The molecule has 1 N–H and O–H groups in total. The van der Waals surface area contributed by atoms with Gasteiger partial charge in [-0.25, -0.2) is 4.98 Å². The summed E-state index contributed by atoms with van der Waals surface area (Å²) in [6.45, 7) is 3.11. The Kier molecular flexibility index (Phi) is 4.98. The third-order valence-electron chi connectivity index (χ3n) is 2.66. The van der Waals surface area contributed by atoms with E-state index in [4.69, 9.17) is 0 Å². The van der Waals surface area contributed by atoms with E-state index < -0.39 is 0 Å². The summed E-state index contributed by atoms with van der Waals surface area (Å²) < 4.78 is 3.34. The molecule has 1 aromatic carbocycles. The van der Waals surface area contributed by atoms with Crippen LogP contribution in [0.2, 0.25) is 0 Å². The van der Waals surface area contributed by atoms with Crippen LogP contribution in [0.3, 0.4) is 0 Å². The molecule has 1 aromatic heterocycles. The standard InChI is InChI=1S/C13H13BrIN3O/c1-9-12(15)13(19)18(8-17-9)6-5-16-11-4-2-3-10(14)7-11/h2-4,7-8,16H,5-6H2,1H3. The van der Waals surface area contributed by atoms with Gasteiger partial charge in [-0.15, -0.1) is 0 Å². The Morgan fingerprint density at radius 2 is 2.26 bits per heavy atom. The fraction of sp³-hybridized carbons (Fsp3) is 0.231. The molecule has 4 nitrogen and oxygen atoms in total. The summed E-state index contributed by atoms with van der Waals surface area (Å²) in [5, 5.41) is 3.28. The molecule has 0 aliphatic carbocycles. The van der Waals surface area contributed by atoms with Crippen LogP contribution in [0.25, 0.3) is 0 Å². The van der Waals surface area contributed by atoms with Crippen molar-refractivity contribution in [3.8, 4) is 0 Å². The van der Waals surface area contributed by atoms with Gasteiger partial charge in [0.15, 0.2) is 0 Å². The number of aryl methyl sites for hydroxylation is 1. The van der Waals surface area contributed by atoms with Gasteiger partial charge < -0.3 is 5.32 Å². The second-order valence-electron chi connectivity index (χ2n) is 4.08.